The van der Waals surface area contributed by atoms with Crippen molar-refractivity contribution in [2.75, 3.05) is 11.1 Å². The number of hydrogen-bond acceptors (Lipinski definition) is 4. The molecule has 4 rings (SSSR count). The first-order valence-electron chi connectivity index (χ1n) is 8.21. The number of amides is 2. The van der Waals surface area contributed by atoms with Crippen LogP contribution in [0.3, 0.4) is 0 Å². The van der Waals surface area contributed by atoms with E-state index in [-0.39, 0.29) is 6.03 Å². The van der Waals surface area contributed by atoms with Gasteiger partial charge in [0.25, 0.3) is 0 Å². The normalized spacial score (nSPS) is 12.7. The van der Waals surface area contributed by atoms with Gasteiger partial charge in [-0.15, -0.1) is 0 Å². The first-order chi connectivity index (χ1) is 13.0. The topological polar surface area (TPSA) is 84.1 Å². The highest BCUT2D eigenvalue weighted by atomic mass is 19.2. The summed E-state index contributed by atoms with van der Waals surface area (Å²) in [5.41, 5.74) is 9.31. The summed E-state index contributed by atoms with van der Waals surface area (Å²) >= 11 is 0. The summed E-state index contributed by atoms with van der Waals surface area (Å²) in [6.45, 7) is 0.718. The summed E-state index contributed by atoms with van der Waals surface area (Å²) in [5, 5.41) is 2.76. The zero-order chi connectivity index (χ0) is 19.0. The van der Waals surface area contributed by atoms with E-state index in [2.05, 4.69) is 15.3 Å². The van der Waals surface area contributed by atoms with Crippen LogP contribution in [0.15, 0.2) is 48.8 Å². The molecular weight excluding hydrogens is 352 g/mol. The molecule has 8 heteroatoms. The van der Waals surface area contributed by atoms with Gasteiger partial charge >= 0.3 is 6.03 Å². The van der Waals surface area contributed by atoms with Crippen molar-refractivity contribution in [3.05, 3.63) is 71.8 Å². The van der Waals surface area contributed by atoms with Gasteiger partial charge < -0.3 is 16.0 Å². The van der Waals surface area contributed by atoms with Gasteiger partial charge in [-0.3, -0.25) is 9.97 Å². The Bertz CT molecular complexity index is 1020. The molecule has 0 spiro atoms. The Morgan fingerprint density at radius 3 is 2.26 bits per heavy atom. The summed E-state index contributed by atoms with van der Waals surface area (Å²) in [6, 6.07) is 8.18. The van der Waals surface area contributed by atoms with Crippen LogP contribution in [-0.2, 0) is 13.1 Å². The van der Waals surface area contributed by atoms with E-state index < -0.39 is 11.6 Å². The smallest absolute Gasteiger partial charge is 0.322 e. The van der Waals surface area contributed by atoms with Gasteiger partial charge in [-0.2, -0.15) is 0 Å². The average molecular weight is 367 g/mol. The molecule has 1 aliphatic rings. The third-order valence-electron chi connectivity index (χ3n) is 4.38. The van der Waals surface area contributed by atoms with Crippen molar-refractivity contribution in [1.82, 2.24) is 14.9 Å². The van der Waals surface area contributed by atoms with Gasteiger partial charge in [0.15, 0.2) is 11.6 Å². The summed E-state index contributed by atoms with van der Waals surface area (Å²) in [7, 11) is 0. The highest BCUT2D eigenvalue weighted by Crippen LogP contribution is 2.29. The van der Waals surface area contributed by atoms with E-state index in [1.54, 1.807) is 35.5 Å². The molecule has 0 radical (unpaired) electrons. The Hall–Kier alpha value is -3.55. The molecule has 0 fully saturated rings. The highest BCUT2D eigenvalue weighted by Gasteiger charge is 2.25. The second-order valence-corrected chi connectivity index (χ2v) is 6.17. The van der Waals surface area contributed by atoms with Crippen LogP contribution in [0.1, 0.15) is 11.4 Å². The first-order valence-corrected chi connectivity index (χ1v) is 8.21. The number of hydrogen-bond donors (Lipinski definition) is 2. The number of rotatable bonds is 2. The van der Waals surface area contributed by atoms with Crippen molar-refractivity contribution >= 4 is 17.4 Å². The van der Waals surface area contributed by atoms with Crippen molar-refractivity contribution in [2.24, 2.45) is 0 Å². The van der Waals surface area contributed by atoms with Gasteiger partial charge in [-0.1, -0.05) is 12.1 Å². The number of nitrogens with two attached hydrogens (primary N) is 1. The maximum absolute atomic E-state index is 13.5. The number of benzene rings is 2. The molecule has 0 unspecified atom stereocenters. The Morgan fingerprint density at radius 2 is 1.59 bits per heavy atom. The van der Waals surface area contributed by atoms with Crippen molar-refractivity contribution < 1.29 is 13.6 Å². The predicted molar refractivity (Wildman–Crippen MR) is 96.5 cm³/mol. The average Bonchev–Trinajstić information content (AvgIpc) is 3.10. The van der Waals surface area contributed by atoms with E-state index in [4.69, 9.17) is 5.73 Å². The summed E-state index contributed by atoms with van der Waals surface area (Å²) < 4.78 is 26.6. The number of carbonyl (C=O) groups is 1. The molecule has 0 atom stereocenters. The Kier molecular flexibility index (Phi) is 4.15. The van der Waals surface area contributed by atoms with E-state index in [1.807, 2.05) is 0 Å². The SMILES string of the molecule is Nc1ccc(-c2ccc(F)c(F)c2)cc1NC(=O)N1Cc2nccnc2C1. The molecule has 6 nitrogen and oxygen atoms in total. The van der Waals surface area contributed by atoms with Gasteiger partial charge in [0.05, 0.1) is 35.9 Å². The number of urea groups is 1. The summed E-state index contributed by atoms with van der Waals surface area (Å²) in [6.07, 6.45) is 3.17. The summed E-state index contributed by atoms with van der Waals surface area (Å²) in [5.74, 6) is -1.86. The van der Waals surface area contributed by atoms with Gasteiger partial charge in [0.1, 0.15) is 0 Å². The minimum Gasteiger partial charge on any atom is -0.397 e. The fraction of sp³-hybridized carbons (Fsp3) is 0.105. The number of halogens is 2. The van der Waals surface area contributed by atoms with Crippen LogP contribution in [-0.4, -0.2) is 20.9 Å². The largest absolute Gasteiger partial charge is 0.397 e. The maximum Gasteiger partial charge on any atom is 0.322 e. The lowest BCUT2D eigenvalue weighted by atomic mass is 10.0. The number of nitrogens with one attached hydrogen (secondary N) is 1. The standard InChI is InChI=1S/C19H15F2N5O/c20-13-3-1-11(7-14(13)21)12-2-4-15(22)16(8-12)25-19(27)26-9-17-18(10-26)24-6-5-23-17/h1-8H,9-10,22H2,(H,25,27). The van der Waals surface area contributed by atoms with E-state index >= 15 is 0 Å². The number of carbonyl (C=O) groups excluding carboxylic acids is 1. The third kappa shape index (κ3) is 3.29. The number of nitrogens with zero attached hydrogens (tertiary/aromatic N) is 3. The van der Waals surface area contributed by atoms with Crippen LogP contribution in [0.2, 0.25) is 0 Å². The molecule has 0 saturated carbocycles. The predicted octanol–water partition coefficient (Wildman–Crippen LogP) is 3.55. The molecule has 0 bridgehead atoms. The number of nitrogen functional groups attached to an aromatic ring is 1. The Balaban J connectivity index is 1.55. The zero-order valence-corrected chi connectivity index (χ0v) is 14.1. The summed E-state index contributed by atoms with van der Waals surface area (Å²) in [4.78, 5) is 22.6. The maximum atomic E-state index is 13.5. The second kappa shape index (κ2) is 6.64. The van der Waals surface area contributed by atoms with Crippen molar-refractivity contribution in [3.8, 4) is 11.1 Å². The van der Waals surface area contributed by atoms with Gasteiger partial charge in [0, 0.05) is 12.4 Å². The van der Waals surface area contributed by atoms with Crippen molar-refractivity contribution in [2.45, 2.75) is 13.1 Å². The minimum atomic E-state index is -0.940. The van der Waals surface area contributed by atoms with E-state index in [1.165, 1.54) is 6.07 Å². The van der Waals surface area contributed by atoms with Crippen LogP contribution in [0.5, 0.6) is 0 Å². The zero-order valence-electron chi connectivity index (χ0n) is 14.1. The lowest BCUT2D eigenvalue weighted by Gasteiger charge is -2.17. The number of aromatic nitrogens is 2. The molecule has 3 N–H and O–H groups in total. The van der Waals surface area contributed by atoms with E-state index in [0.717, 1.165) is 23.5 Å². The lowest BCUT2D eigenvalue weighted by Crippen LogP contribution is -2.30. The molecule has 3 aromatic rings. The quantitative estimate of drug-likeness (QED) is 0.679. The van der Waals surface area contributed by atoms with Crippen LogP contribution in [0.25, 0.3) is 11.1 Å². The minimum absolute atomic E-state index is 0.344. The molecule has 2 aromatic carbocycles. The van der Waals surface area contributed by atoms with Gasteiger partial charge in [-0.05, 0) is 35.4 Å². The second-order valence-electron chi connectivity index (χ2n) is 6.17. The molecule has 0 aliphatic carbocycles. The molecule has 0 saturated heterocycles. The van der Waals surface area contributed by atoms with Crippen LogP contribution >= 0.6 is 0 Å². The van der Waals surface area contributed by atoms with Crippen molar-refractivity contribution in [3.63, 3.8) is 0 Å². The van der Waals surface area contributed by atoms with E-state index in [0.29, 0.717) is 35.6 Å². The van der Waals surface area contributed by atoms with Gasteiger partial charge in [0.2, 0.25) is 0 Å². The van der Waals surface area contributed by atoms with Crippen LogP contribution in [0, 0.1) is 11.6 Å². The molecule has 2 heterocycles. The monoisotopic (exact) mass is 367 g/mol. The fourth-order valence-electron chi connectivity index (χ4n) is 2.93. The number of fused-ring (bicyclic) bond motifs is 1. The van der Waals surface area contributed by atoms with E-state index in [9.17, 15) is 13.6 Å². The first kappa shape index (κ1) is 16.9. The Labute approximate surface area is 153 Å². The highest BCUT2D eigenvalue weighted by molar-refractivity contribution is 5.94. The van der Waals surface area contributed by atoms with Crippen molar-refractivity contribution in [1.29, 1.82) is 0 Å². The third-order valence-corrected chi connectivity index (χ3v) is 4.38. The number of anilines is 2. The van der Waals surface area contributed by atoms with Crippen LogP contribution in [0.4, 0.5) is 25.0 Å². The lowest BCUT2D eigenvalue weighted by molar-refractivity contribution is 0.212. The molecule has 27 heavy (non-hydrogen) atoms. The molecule has 2 amide bonds. The molecule has 136 valence electrons. The molecule has 1 aliphatic heterocycles. The molecular formula is C19H15F2N5O. The molecule has 1 aromatic heterocycles. The Morgan fingerprint density at radius 1 is 0.963 bits per heavy atom. The van der Waals surface area contributed by atoms with Gasteiger partial charge in [-0.25, -0.2) is 13.6 Å². The van der Waals surface area contributed by atoms with Crippen LogP contribution < -0.4 is 11.1 Å². The fourth-order valence-corrected chi connectivity index (χ4v) is 2.93.